The van der Waals surface area contributed by atoms with Crippen molar-refractivity contribution in [2.75, 3.05) is 78.9 Å². The molecule has 8 aliphatic rings. The second kappa shape index (κ2) is 36.4. The summed E-state index contributed by atoms with van der Waals surface area (Å²) in [6.45, 7) is 8.39. The van der Waals surface area contributed by atoms with Gasteiger partial charge in [0.2, 0.25) is 0 Å². The number of nitrogens with one attached hydrogen (secondary N) is 3. The number of nitrogen functional groups attached to an aromatic ring is 4. The van der Waals surface area contributed by atoms with Crippen LogP contribution in [0.1, 0.15) is 143 Å². The molecule has 4 aliphatic carbocycles. The number of fused-ring (bicyclic) bond motifs is 8. The number of nitrogens with zero attached hydrogens (tertiary/aromatic N) is 15. The molecule has 0 radical (unpaired) electrons. The first-order valence-corrected chi connectivity index (χ1v) is 49.1. The summed E-state index contributed by atoms with van der Waals surface area (Å²) in [4.78, 5) is 48.8. The second-order valence-electron chi connectivity index (χ2n) is 38.3. The van der Waals surface area contributed by atoms with Gasteiger partial charge in [0.1, 0.15) is 107 Å². The van der Waals surface area contributed by atoms with Crippen molar-refractivity contribution in [3.8, 4) is 0 Å². The summed E-state index contributed by atoms with van der Waals surface area (Å²) in [7, 11) is 1.81. The van der Waals surface area contributed by atoms with Crippen LogP contribution >= 0.6 is 63.7 Å². The van der Waals surface area contributed by atoms with Crippen molar-refractivity contribution in [2.24, 2.45) is 21.7 Å². The Kier molecular flexibility index (Phi) is 24.6. The van der Waals surface area contributed by atoms with E-state index in [2.05, 4.69) is 148 Å². The Morgan fingerprint density at radius 3 is 1.01 bits per heavy atom. The van der Waals surface area contributed by atoms with Crippen molar-refractivity contribution >= 4 is 192 Å². The molecule has 4 aromatic carbocycles. The van der Waals surface area contributed by atoms with Gasteiger partial charge < -0.3 is 117 Å². The van der Waals surface area contributed by atoms with Crippen molar-refractivity contribution in [3.63, 3.8) is 0 Å². The molecule has 20 unspecified atom stereocenters. The number of ether oxygens (including phenoxy) is 4. The Balaban J connectivity index is 0.000000109. The number of halogens is 4. The van der Waals surface area contributed by atoms with Gasteiger partial charge in [0.15, 0.2) is 0 Å². The number of aliphatic hydroxyl groups is 8. The number of pyridine rings is 5. The van der Waals surface area contributed by atoms with Crippen LogP contribution in [0.3, 0.4) is 0 Å². The highest BCUT2D eigenvalue weighted by molar-refractivity contribution is 9.11. The third-order valence-electron chi connectivity index (χ3n) is 29.7. The Bertz CT molecular complexity index is 7340. The maximum Gasteiger partial charge on any atom is 0.145 e. The van der Waals surface area contributed by atoms with Crippen molar-refractivity contribution in [2.45, 2.75) is 176 Å². The number of hydrogen-bond acceptors (Lipinski definition) is 30. The van der Waals surface area contributed by atoms with E-state index >= 15 is 0 Å². The van der Waals surface area contributed by atoms with Gasteiger partial charge in [-0.25, -0.2) is 54.8 Å². The first kappa shape index (κ1) is 92.5. The average molecular weight is 2110 g/mol. The summed E-state index contributed by atoms with van der Waals surface area (Å²) in [5.74, 6) is 4.02. The van der Waals surface area contributed by atoms with Crippen molar-refractivity contribution in [3.05, 3.63) is 224 Å². The first-order chi connectivity index (χ1) is 66.0. The normalized spacial score (nSPS) is 28.9. The second-order valence-corrected chi connectivity index (χ2v) is 41.7. The maximum absolute atomic E-state index is 11.2. The third kappa shape index (κ3) is 16.5. The molecule has 4 spiro atoms. The van der Waals surface area contributed by atoms with Crippen LogP contribution < -0.4 is 38.9 Å². The Morgan fingerprint density at radius 2 is 0.679 bits per heavy atom. The van der Waals surface area contributed by atoms with Gasteiger partial charge in [0.25, 0.3) is 0 Å². The molecule has 24 rings (SSSR count). The molecular weight excluding hydrogens is 2010 g/mol. The minimum Gasteiger partial charge on any atom is -0.390 e. The molecule has 8 fully saturated rings. The Morgan fingerprint density at radius 1 is 0.372 bits per heavy atom. The fraction of sp³-hybridized carbons (Fsp3) is 0.384. The average Bonchev–Trinajstić information content (AvgIpc) is 1.59. The first-order valence-electron chi connectivity index (χ1n) is 45.9. The van der Waals surface area contributed by atoms with E-state index < -0.39 is 70.5 Å². The van der Waals surface area contributed by atoms with E-state index in [0.717, 1.165) is 152 Å². The lowest BCUT2D eigenvalue weighted by Crippen LogP contribution is -2.37. The number of benzene rings is 4. The smallest absolute Gasteiger partial charge is 0.145 e. The summed E-state index contributed by atoms with van der Waals surface area (Å²) < 4.78 is 35.8. The summed E-state index contributed by atoms with van der Waals surface area (Å²) in [6.07, 6.45) is 10.8. The largest absolute Gasteiger partial charge is 0.390 e. The zero-order chi connectivity index (χ0) is 95.2. The molecule has 4 saturated heterocycles. The van der Waals surface area contributed by atoms with Crippen molar-refractivity contribution in [1.29, 1.82) is 0 Å². The van der Waals surface area contributed by atoms with E-state index in [1.807, 2.05) is 190 Å². The van der Waals surface area contributed by atoms with Crippen LogP contribution in [0, 0.1) is 21.7 Å². The molecule has 38 heteroatoms. The number of hydrogen-bond donors (Lipinski definition) is 15. The van der Waals surface area contributed by atoms with Crippen molar-refractivity contribution in [1.82, 2.24) is 73.1 Å². The van der Waals surface area contributed by atoms with E-state index in [-0.39, 0.29) is 54.6 Å². The quantitative estimate of drug-likeness (QED) is 0.0510. The lowest BCUT2D eigenvalue weighted by atomic mass is 9.80. The molecule has 19 N–H and O–H groups in total. The van der Waals surface area contributed by atoms with Gasteiger partial charge in [-0.15, -0.1) is 0 Å². The van der Waals surface area contributed by atoms with E-state index in [9.17, 15) is 40.9 Å². The molecule has 710 valence electrons. The number of nitrogens with two attached hydrogens (primary N) is 4. The van der Waals surface area contributed by atoms with Crippen LogP contribution in [-0.2, 0) is 18.9 Å². The summed E-state index contributed by atoms with van der Waals surface area (Å²) in [5, 5.41) is 106. The molecule has 0 bridgehead atoms. The fourth-order valence-corrected chi connectivity index (χ4v) is 23.9. The van der Waals surface area contributed by atoms with Gasteiger partial charge in [0.05, 0.1) is 156 Å². The molecule has 4 aliphatic heterocycles. The molecule has 137 heavy (non-hydrogen) atoms. The molecule has 34 nitrogen and oxygen atoms in total. The Labute approximate surface area is 819 Å². The number of aromatic nitrogens is 15. The van der Waals surface area contributed by atoms with Gasteiger partial charge in [-0.05, 0) is 243 Å². The van der Waals surface area contributed by atoms with Crippen LogP contribution in [0.2, 0.25) is 0 Å². The highest BCUT2D eigenvalue weighted by atomic mass is 79.9. The van der Waals surface area contributed by atoms with Crippen LogP contribution in [-0.4, -0.2) is 209 Å². The monoisotopic (exact) mass is 2110 g/mol. The topological polar surface area (TPSA) is 500 Å². The summed E-state index contributed by atoms with van der Waals surface area (Å²) in [5.41, 5.74) is 31.9. The fourth-order valence-electron chi connectivity index (χ4n) is 22.6. The lowest BCUT2D eigenvalue weighted by molar-refractivity contribution is -0.0309. The zero-order valence-corrected chi connectivity index (χ0v) is 81.4. The SMILES string of the molecule is CC(C)Nc1ncnc2c1ccn2C1CC2(COC(c3ccc4cc(Br)c(N)nc4c3)C2)C(O)C1O.CCNc1ncnc2c1ccn2C1CC2(COC(c3ccc4cc(Br)c(N)nc4c3)C2)C(O)C1O.CNc1ncnc2c1ccn2C1CC2(COC(c3ccc4cc(Br)c(N)nc4c3)C2)C(O)C1O.Nc1nc2cc(C3CC4(CO3)CC(n3ccc5cccnc53)C(O)C4O)ccc2cc1Br. The van der Waals surface area contributed by atoms with Gasteiger partial charge in [-0.1, -0.05) is 48.5 Å². The molecule has 16 aromatic rings. The molecule has 12 aromatic heterocycles. The highest BCUT2D eigenvalue weighted by Gasteiger charge is 2.62. The number of anilines is 7. The van der Waals surface area contributed by atoms with E-state index in [1.165, 1.54) is 19.0 Å². The minimum absolute atomic E-state index is 0.175. The number of rotatable bonds is 13. The van der Waals surface area contributed by atoms with Crippen LogP contribution in [0.25, 0.3) is 87.7 Å². The van der Waals surface area contributed by atoms with Crippen LogP contribution in [0.5, 0.6) is 0 Å². The van der Waals surface area contributed by atoms with Crippen molar-refractivity contribution < 1.29 is 59.8 Å². The predicted octanol–water partition coefficient (Wildman–Crippen LogP) is 14.5. The molecule has 4 saturated carbocycles. The van der Waals surface area contributed by atoms with Crippen LogP contribution in [0.4, 0.5) is 40.7 Å². The van der Waals surface area contributed by atoms with Gasteiger partial charge in [-0.2, -0.15) is 0 Å². The molecule has 0 amide bonds. The predicted molar refractivity (Wildman–Crippen MR) is 536 cm³/mol. The standard InChI is InChI=1S/C26H29BrN6O3.C25H27BrN6O3.C24H25BrN6O3.C24H23BrN4O3/c1-13(2)31-24-16-5-6-33(25(16)30-12-29-24)19-9-26(22(35)21(19)34)10-20(36-11-26)15-4-3-14-7-17(27)23(28)32-18(14)8-15;1-2-28-23-15-5-6-32(24(15)30-12-29-23)18-9-25(21(34)20(18)33)10-19(35-11-25)14-4-3-13-7-16(26)22(27)31-17(13)8-14;1-27-22-14-4-5-31(23(14)29-11-28-22)17-8-24(20(33)19(17)32)9-18(34-10-24)13-3-2-12-6-15(25)21(26)30-16(12)7-13;25-16-8-14-3-4-15(9-17(14)28-22(16)26)19-11-24(12-32-19)10-18(20(30)21(24)31)29-7-5-13-2-1-6-27-23(13)29/h3-8,12-13,19-22,34-35H,9-11H2,1-2H3,(H2,28,32)(H,29,30,31);3-8,12,18-21,33-34H,2,9-11H2,1H3,(H2,27,31)(H,28,29,30);2-7,11,17-20,32-33H,8-10H2,1H3,(H2,26,30)(H,27,28,29);1-9,18-21,30-31H,10-12H2,(H2,26,28). The minimum atomic E-state index is -0.935. The summed E-state index contributed by atoms with van der Waals surface area (Å²) in [6, 6.07) is 42.7. The molecule has 20 atom stereocenters. The highest BCUT2D eigenvalue weighted by Crippen LogP contribution is 2.60. The Hall–Kier alpha value is -10.9. The zero-order valence-electron chi connectivity index (χ0n) is 75.1. The van der Waals surface area contributed by atoms with E-state index in [1.54, 1.807) is 6.20 Å². The third-order valence-corrected chi connectivity index (χ3v) is 32.3. The molecular formula is C99H104Br4N22O12. The van der Waals surface area contributed by atoms with Gasteiger partial charge >= 0.3 is 0 Å². The van der Waals surface area contributed by atoms with Gasteiger partial charge in [0, 0.05) is 99.2 Å². The van der Waals surface area contributed by atoms with Crippen LogP contribution in [0.15, 0.2) is 201 Å². The van der Waals surface area contributed by atoms with E-state index in [4.69, 9.17) is 41.9 Å². The summed E-state index contributed by atoms with van der Waals surface area (Å²) >= 11 is 13.7. The lowest BCUT2D eigenvalue weighted by Gasteiger charge is -2.26. The molecule has 16 heterocycles. The van der Waals surface area contributed by atoms with Gasteiger partial charge in [-0.3, -0.25) is 0 Å². The maximum atomic E-state index is 11.2. The van der Waals surface area contributed by atoms with E-state index in [0.29, 0.717) is 101 Å². The number of aliphatic hydroxyl groups excluding tert-OH is 8.